The number of benzene rings is 3. The molecule has 0 aliphatic heterocycles. The zero-order chi connectivity index (χ0) is 17.6. The molecule has 0 aliphatic rings. The molecule has 0 saturated carbocycles. The predicted molar refractivity (Wildman–Crippen MR) is 97.9 cm³/mol. The third-order valence-corrected chi connectivity index (χ3v) is 3.74. The smallest absolute Gasteiger partial charge is 0.280 e. The Kier molecular flexibility index (Phi) is 4.95. The molecule has 0 bridgehead atoms. The number of ether oxygens (including phenoxy) is 1. The summed E-state index contributed by atoms with van der Waals surface area (Å²) in [6.45, 7) is 1.65. The lowest BCUT2D eigenvalue weighted by Gasteiger charge is -2.12. The number of phenols is 1. The van der Waals surface area contributed by atoms with Gasteiger partial charge in [0, 0.05) is 5.56 Å². The molecule has 1 atom stereocenters. The summed E-state index contributed by atoms with van der Waals surface area (Å²) in [7, 11) is 0. The Hall–Kier alpha value is -3.34. The van der Waals surface area contributed by atoms with Crippen LogP contribution in [0.25, 0.3) is 10.8 Å². The zero-order valence-corrected chi connectivity index (χ0v) is 13.7. The highest BCUT2D eigenvalue weighted by Crippen LogP contribution is 2.25. The van der Waals surface area contributed by atoms with E-state index < -0.39 is 6.10 Å². The molecule has 0 aromatic heterocycles. The number of carbonyl (C=O) groups excluding carboxylic acids is 1. The number of para-hydroxylation sites is 1. The molecule has 0 aliphatic carbocycles. The first-order valence-corrected chi connectivity index (χ1v) is 7.90. The summed E-state index contributed by atoms with van der Waals surface area (Å²) < 4.78 is 5.54. The highest BCUT2D eigenvalue weighted by Gasteiger charge is 2.13. The van der Waals surface area contributed by atoms with E-state index >= 15 is 0 Å². The molecule has 126 valence electrons. The van der Waals surface area contributed by atoms with Crippen molar-refractivity contribution in [3.8, 4) is 11.5 Å². The van der Waals surface area contributed by atoms with E-state index in [1.54, 1.807) is 25.1 Å². The van der Waals surface area contributed by atoms with Crippen molar-refractivity contribution in [1.29, 1.82) is 0 Å². The number of hydrogen-bond donors (Lipinski definition) is 2. The Labute approximate surface area is 145 Å². The van der Waals surface area contributed by atoms with Gasteiger partial charge in [-0.15, -0.1) is 0 Å². The van der Waals surface area contributed by atoms with Crippen molar-refractivity contribution in [3.63, 3.8) is 0 Å². The van der Waals surface area contributed by atoms with Gasteiger partial charge in [-0.25, -0.2) is 5.43 Å². The van der Waals surface area contributed by atoms with Crippen molar-refractivity contribution < 1.29 is 14.6 Å². The first-order valence-electron chi connectivity index (χ1n) is 7.90. The minimum absolute atomic E-state index is 0.102. The van der Waals surface area contributed by atoms with Crippen molar-refractivity contribution in [1.82, 2.24) is 5.43 Å². The van der Waals surface area contributed by atoms with Crippen molar-refractivity contribution in [2.45, 2.75) is 13.0 Å². The van der Waals surface area contributed by atoms with Crippen LogP contribution in [-0.4, -0.2) is 23.3 Å². The summed E-state index contributed by atoms with van der Waals surface area (Å²) in [5.41, 5.74) is 2.99. The molecule has 3 aromatic carbocycles. The molecule has 0 fully saturated rings. The molecule has 0 unspecified atom stereocenters. The lowest BCUT2D eigenvalue weighted by molar-refractivity contribution is -0.127. The number of aromatic hydroxyl groups is 1. The van der Waals surface area contributed by atoms with Crippen molar-refractivity contribution in [3.05, 3.63) is 72.3 Å². The Morgan fingerprint density at radius 1 is 1.08 bits per heavy atom. The van der Waals surface area contributed by atoms with Gasteiger partial charge in [0.25, 0.3) is 5.91 Å². The number of amides is 1. The first kappa shape index (κ1) is 16.5. The Morgan fingerprint density at radius 3 is 2.60 bits per heavy atom. The number of hydrogen-bond acceptors (Lipinski definition) is 4. The molecule has 0 heterocycles. The van der Waals surface area contributed by atoms with E-state index in [1.165, 1.54) is 6.21 Å². The zero-order valence-electron chi connectivity index (χ0n) is 13.7. The quantitative estimate of drug-likeness (QED) is 0.554. The highest BCUT2D eigenvalue weighted by atomic mass is 16.5. The minimum atomic E-state index is -0.694. The maximum atomic E-state index is 12.1. The van der Waals surface area contributed by atoms with Gasteiger partial charge in [0.05, 0.1) is 6.21 Å². The fourth-order valence-electron chi connectivity index (χ4n) is 2.43. The first-order chi connectivity index (χ1) is 12.1. The van der Waals surface area contributed by atoms with Crippen LogP contribution in [-0.2, 0) is 4.79 Å². The molecule has 5 heteroatoms. The van der Waals surface area contributed by atoms with Crippen LogP contribution in [0.3, 0.4) is 0 Å². The number of nitrogens with one attached hydrogen (secondary N) is 1. The lowest BCUT2D eigenvalue weighted by atomic mass is 10.0. The van der Waals surface area contributed by atoms with Crippen LogP contribution in [0.1, 0.15) is 12.5 Å². The largest absolute Gasteiger partial charge is 0.507 e. The summed E-state index contributed by atoms with van der Waals surface area (Å²) in [5, 5.41) is 15.8. The monoisotopic (exact) mass is 334 g/mol. The van der Waals surface area contributed by atoms with Gasteiger partial charge >= 0.3 is 0 Å². The molecule has 0 saturated heterocycles. The predicted octanol–water partition coefficient (Wildman–Crippen LogP) is 3.46. The van der Waals surface area contributed by atoms with Gasteiger partial charge in [-0.05, 0) is 35.9 Å². The summed E-state index contributed by atoms with van der Waals surface area (Å²) >= 11 is 0. The van der Waals surface area contributed by atoms with Gasteiger partial charge in [-0.3, -0.25) is 4.79 Å². The maximum absolute atomic E-state index is 12.1. The van der Waals surface area contributed by atoms with Crippen LogP contribution in [0.5, 0.6) is 11.5 Å². The average Bonchev–Trinajstić information content (AvgIpc) is 2.64. The number of carbonyl (C=O) groups is 1. The van der Waals surface area contributed by atoms with E-state index in [0.717, 1.165) is 10.8 Å². The Bertz CT molecular complexity index is 907. The summed E-state index contributed by atoms with van der Waals surface area (Å²) in [6, 6.07) is 20.2. The Balaban J connectivity index is 1.69. The van der Waals surface area contributed by atoms with E-state index in [-0.39, 0.29) is 11.7 Å². The average molecular weight is 334 g/mol. The van der Waals surface area contributed by atoms with Gasteiger partial charge in [0.2, 0.25) is 0 Å². The van der Waals surface area contributed by atoms with Crippen LogP contribution in [0.15, 0.2) is 71.8 Å². The maximum Gasteiger partial charge on any atom is 0.280 e. The fourth-order valence-corrected chi connectivity index (χ4v) is 2.43. The number of hydrazone groups is 1. The molecule has 0 radical (unpaired) electrons. The van der Waals surface area contributed by atoms with Gasteiger partial charge in [0.1, 0.15) is 11.5 Å². The second-order valence-electron chi connectivity index (χ2n) is 5.53. The van der Waals surface area contributed by atoms with Gasteiger partial charge in [0.15, 0.2) is 6.10 Å². The summed E-state index contributed by atoms with van der Waals surface area (Å²) in [6.07, 6.45) is 0.741. The summed E-state index contributed by atoms with van der Waals surface area (Å²) in [4.78, 5) is 12.1. The second kappa shape index (κ2) is 7.49. The normalized spacial score (nSPS) is 12.2. The second-order valence-corrected chi connectivity index (χ2v) is 5.53. The van der Waals surface area contributed by atoms with Crippen LogP contribution in [0.2, 0.25) is 0 Å². The topological polar surface area (TPSA) is 70.9 Å². The molecular formula is C20H18N2O3. The molecule has 0 spiro atoms. The van der Waals surface area contributed by atoms with E-state index in [0.29, 0.717) is 11.3 Å². The van der Waals surface area contributed by atoms with Gasteiger partial charge < -0.3 is 9.84 Å². The fraction of sp³-hybridized carbons (Fsp3) is 0.100. The molecule has 1 amide bonds. The minimum Gasteiger partial charge on any atom is -0.507 e. The van der Waals surface area contributed by atoms with E-state index in [9.17, 15) is 9.90 Å². The third-order valence-electron chi connectivity index (χ3n) is 3.74. The van der Waals surface area contributed by atoms with Crippen LogP contribution < -0.4 is 10.2 Å². The van der Waals surface area contributed by atoms with Crippen LogP contribution in [0, 0.1) is 0 Å². The van der Waals surface area contributed by atoms with Gasteiger partial charge in [-0.1, -0.05) is 48.5 Å². The van der Waals surface area contributed by atoms with Crippen molar-refractivity contribution in [2.24, 2.45) is 5.10 Å². The Morgan fingerprint density at radius 2 is 1.80 bits per heavy atom. The van der Waals surface area contributed by atoms with E-state index in [1.807, 2.05) is 48.5 Å². The van der Waals surface area contributed by atoms with Crippen molar-refractivity contribution >= 4 is 22.9 Å². The molecule has 2 N–H and O–H groups in total. The molecule has 5 nitrogen and oxygen atoms in total. The molecule has 3 aromatic rings. The lowest BCUT2D eigenvalue weighted by Crippen LogP contribution is -2.33. The summed E-state index contributed by atoms with van der Waals surface area (Å²) in [5.74, 6) is 0.339. The number of rotatable bonds is 5. The SMILES string of the molecule is C[C@H](Oc1ccccc1)C(=O)N/N=C/c1c(O)ccc2ccccc12. The van der Waals surface area contributed by atoms with Crippen LogP contribution in [0.4, 0.5) is 0 Å². The number of fused-ring (bicyclic) bond motifs is 1. The molecule has 3 rings (SSSR count). The third kappa shape index (κ3) is 3.95. The van der Waals surface area contributed by atoms with E-state index in [4.69, 9.17) is 4.74 Å². The highest BCUT2D eigenvalue weighted by molar-refractivity contribution is 6.02. The van der Waals surface area contributed by atoms with Crippen LogP contribution >= 0.6 is 0 Å². The van der Waals surface area contributed by atoms with Crippen molar-refractivity contribution in [2.75, 3.05) is 0 Å². The van der Waals surface area contributed by atoms with E-state index in [2.05, 4.69) is 10.5 Å². The van der Waals surface area contributed by atoms with Gasteiger partial charge in [-0.2, -0.15) is 5.10 Å². The standard InChI is InChI=1S/C20H18N2O3/c1-14(25-16-8-3-2-4-9-16)20(24)22-21-13-18-17-10-6-5-7-15(17)11-12-19(18)23/h2-14,23H,1H3,(H,22,24)/b21-13+/t14-/m0/s1. The number of phenolic OH excluding ortho intramolecular Hbond substituents is 1. The number of nitrogens with zero attached hydrogens (tertiary/aromatic N) is 1. The molecular weight excluding hydrogens is 316 g/mol. The molecule has 25 heavy (non-hydrogen) atoms.